The van der Waals surface area contributed by atoms with Gasteiger partial charge in [0.25, 0.3) is 0 Å². The Bertz CT molecular complexity index is 616. The van der Waals surface area contributed by atoms with Crippen LogP contribution in [0.5, 0.6) is 0 Å². The predicted octanol–water partition coefficient (Wildman–Crippen LogP) is 2.32. The molecule has 0 bridgehead atoms. The third kappa shape index (κ3) is 5.82. The number of Topliss-reactive ketones (excluding diaryl/α,β-unsaturated/α-hetero) is 1. The maximum Gasteiger partial charge on any atom is 0.305 e. The highest BCUT2D eigenvalue weighted by atomic mass is 16.5. The first kappa shape index (κ1) is 20.4. The van der Waals surface area contributed by atoms with Crippen molar-refractivity contribution in [3.8, 4) is 11.8 Å². The fourth-order valence-corrected chi connectivity index (χ4v) is 3.55. The molecule has 0 spiro atoms. The van der Waals surface area contributed by atoms with Crippen molar-refractivity contribution in [2.24, 2.45) is 11.8 Å². The molecule has 0 radical (unpaired) electrons. The summed E-state index contributed by atoms with van der Waals surface area (Å²) >= 11 is 0. The Hall–Kier alpha value is -1.90. The third-order valence-electron chi connectivity index (χ3n) is 5.13. The molecule has 2 fully saturated rings. The van der Waals surface area contributed by atoms with Crippen LogP contribution >= 0.6 is 0 Å². The van der Waals surface area contributed by atoms with Crippen LogP contribution in [0.3, 0.4) is 0 Å². The van der Waals surface area contributed by atoms with E-state index in [1.54, 1.807) is 18.2 Å². The van der Waals surface area contributed by atoms with Gasteiger partial charge < -0.3 is 14.9 Å². The molecule has 142 valence electrons. The molecule has 0 aromatic carbocycles. The highest BCUT2D eigenvalue weighted by Gasteiger charge is 2.35. The van der Waals surface area contributed by atoms with Crippen LogP contribution in [0.2, 0.25) is 0 Å². The number of ketones is 1. The zero-order chi connectivity index (χ0) is 18.9. The average molecular weight is 360 g/mol. The number of carbonyl (C=O) groups excluding carboxylic acids is 2. The normalized spacial score (nSPS) is 26.3. The van der Waals surface area contributed by atoms with E-state index in [4.69, 9.17) is 0 Å². The van der Waals surface area contributed by atoms with Crippen LogP contribution in [0.1, 0.15) is 51.4 Å². The third-order valence-corrected chi connectivity index (χ3v) is 5.13. The maximum atomic E-state index is 12.1. The maximum absolute atomic E-state index is 12.1. The molecule has 2 aliphatic carbocycles. The number of hydrogen-bond donors (Lipinski definition) is 2. The van der Waals surface area contributed by atoms with Gasteiger partial charge in [-0.25, -0.2) is 0 Å². The van der Waals surface area contributed by atoms with Gasteiger partial charge in [-0.05, 0) is 31.3 Å². The number of ether oxygens (including phenoxy) is 1. The van der Waals surface area contributed by atoms with Gasteiger partial charge in [0, 0.05) is 30.8 Å². The Balaban J connectivity index is 1.94. The van der Waals surface area contributed by atoms with E-state index in [1.165, 1.54) is 7.11 Å². The van der Waals surface area contributed by atoms with E-state index in [0.717, 1.165) is 25.7 Å². The SMILES string of the molecule is COC(=O)CCCC#CC=C1C(=O)CC(O)C1C=CC(O)C1CCCC1. The summed E-state index contributed by atoms with van der Waals surface area (Å²) < 4.78 is 4.56. The van der Waals surface area contributed by atoms with Crippen LogP contribution in [0.25, 0.3) is 0 Å². The molecule has 2 saturated carbocycles. The van der Waals surface area contributed by atoms with E-state index >= 15 is 0 Å². The van der Waals surface area contributed by atoms with Gasteiger partial charge in [-0.1, -0.05) is 36.8 Å². The van der Waals surface area contributed by atoms with Gasteiger partial charge in [-0.3, -0.25) is 9.59 Å². The average Bonchev–Trinajstić information content (AvgIpc) is 3.24. The number of carbonyl (C=O) groups is 2. The number of methoxy groups -OCH3 is 1. The monoisotopic (exact) mass is 360 g/mol. The lowest BCUT2D eigenvalue weighted by molar-refractivity contribution is -0.140. The second-order valence-corrected chi connectivity index (χ2v) is 6.99. The Morgan fingerprint density at radius 1 is 1.38 bits per heavy atom. The van der Waals surface area contributed by atoms with Gasteiger partial charge in [0.2, 0.25) is 0 Å². The lowest BCUT2D eigenvalue weighted by atomic mass is 9.95. The number of hydrogen-bond acceptors (Lipinski definition) is 5. The lowest BCUT2D eigenvalue weighted by Crippen LogP contribution is -2.17. The fraction of sp³-hybridized carbons (Fsp3) is 0.619. The van der Waals surface area contributed by atoms with Crippen LogP contribution in [-0.2, 0) is 14.3 Å². The summed E-state index contributed by atoms with van der Waals surface area (Å²) in [5.41, 5.74) is 0.493. The van der Waals surface area contributed by atoms with Crippen molar-refractivity contribution in [2.75, 3.05) is 7.11 Å². The van der Waals surface area contributed by atoms with Crippen molar-refractivity contribution in [1.29, 1.82) is 0 Å². The van der Waals surface area contributed by atoms with Crippen molar-refractivity contribution < 1.29 is 24.5 Å². The zero-order valence-electron chi connectivity index (χ0n) is 15.3. The summed E-state index contributed by atoms with van der Waals surface area (Å²) in [6.45, 7) is 0. The highest BCUT2D eigenvalue weighted by molar-refractivity contribution is 5.99. The van der Waals surface area contributed by atoms with E-state index in [1.807, 2.05) is 0 Å². The van der Waals surface area contributed by atoms with E-state index < -0.39 is 18.1 Å². The molecule has 2 N–H and O–H groups in total. The lowest BCUT2D eigenvalue weighted by Gasteiger charge is -2.15. The van der Waals surface area contributed by atoms with Crippen LogP contribution < -0.4 is 0 Å². The van der Waals surface area contributed by atoms with Crippen LogP contribution in [0, 0.1) is 23.7 Å². The number of esters is 1. The molecule has 0 aromatic rings. The van der Waals surface area contributed by atoms with Crippen molar-refractivity contribution in [3.63, 3.8) is 0 Å². The standard InChI is InChI=1S/C21H28O5/c1-26-21(25)11-5-3-2-4-10-16-17(20(24)14-19(16)23)12-13-18(22)15-8-6-7-9-15/h10,12-13,15,17-18,20,22,24H,3,5-9,11,14H2,1H3. The number of aliphatic hydroxyl groups is 2. The summed E-state index contributed by atoms with van der Waals surface area (Å²) in [4.78, 5) is 23.1. The summed E-state index contributed by atoms with van der Waals surface area (Å²) in [7, 11) is 1.35. The Labute approximate surface area is 155 Å². The second kappa shape index (κ2) is 10.3. The first-order valence-corrected chi connectivity index (χ1v) is 9.36. The number of rotatable bonds is 6. The Kier molecular flexibility index (Phi) is 8.08. The first-order chi connectivity index (χ1) is 12.5. The van der Waals surface area contributed by atoms with Crippen molar-refractivity contribution in [2.45, 2.75) is 63.6 Å². The molecule has 2 aliphatic rings. The quantitative estimate of drug-likeness (QED) is 0.250. The minimum absolute atomic E-state index is 0.0877. The molecule has 0 amide bonds. The summed E-state index contributed by atoms with van der Waals surface area (Å²) in [6.07, 6.45) is 9.66. The molecule has 3 unspecified atom stereocenters. The topological polar surface area (TPSA) is 83.8 Å². The van der Waals surface area contributed by atoms with Gasteiger partial charge in [-0.15, -0.1) is 0 Å². The number of unbranched alkanes of at least 4 members (excludes halogenated alkanes) is 1. The van der Waals surface area contributed by atoms with Crippen LogP contribution in [0.4, 0.5) is 0 Å². The molecule has 2 rings (SSSR count). The molecular formula is C21H28O5. The van der Waals surface area contributed by atoms with Crippen LogP contribution in [-0.4, -0.2) is 41.3 Å². The van der Waals surface area contributed by atoms with E-state index in [0.29, 0.717) is 24.8 Å². The Morgan fingerprint density at radius 2 is 2.12 bits per heavy atom. The van der Waals surface area contributed by atoms with Gasteiger partial charge in [0.15, 0.2) is 5.78 Å². The summed E-state index contributed by atoms with van der Waals surface area (Å²) in [5, 5.41) is 20.4. The molecule has 0 aromatic heterocycles. The minimum Gasteiger partial charge on any atom is -0.469 e. The largest absolute Gasteiger partial charge is 0.469 e. The summed E-state index contributed by atoms with van der Waals surface area (Å²) in [6, 6.07) is 0. The number of allylic oxidation sites excluding steroid dienone is 1. The first-order valence-electron chi connectivity index (χ1n) is 9.36. The molecular weight excluding hydrogens is 332 g/mol. The molecule has 5 heteroatoms. The van der Waals surface area contributed by atoms with E-state index in [-0.39, 0.29) is 24.1 Å². The van der Waals surface area contributed by atoms with Gasteiger partial charge in [-0.2, -0.15) is 0 Å². The molecule has 0 heterocycles. The van der Waals surface area contributed by atoms with Gasteiger partial charge in [0.1, 0.15) is 0 Å². The fourth-order valence-electron chi connectivity index (χ4n) is 3.55. The van der Waals surface area contributed by atoms with Crippen molar-refractivity contribution >= 4 is 11.8 Å². The summed E-state index contributed by atoms with van der Waals surface area (Å²) in [5.74, 6) is 5.27. The van der Waals surface area contributed by atoms with Gasteiger partial charge >= 0.3 is 5.97 Å². The van der Waals surface area contributed by atoms with Crippen molar-refractivity contribution in [3.05, 3.63) is 23.8 Å². The molecule has 3 atom stereocenters. The van der Waals surface area contributed by atoms with E-state index in [2.05, 4.69) is 16.6 Å². The highest BCUT2D eigenvalue weighted by Crippen LogP contribution is 2.32. The Morgan fingerprint density at radius 3 is 2.81 bits per heavy atom. The smallest absolute Gasteiger partial charge is 0.305 e. The van der Waals surface area contributed by atoms with Crippen LogP contribution in [0.15, 0.2) is 23.8 Å². The zero-order valence-corrected chi connectivity index (χ0v) is 15.3. The van der Waals surface area contributed by atoms with Gasteiger partial charge in [0.05, 0.1) is 19.3 Å². The molecule has 0 aliphatic heterocycles. The van der Waals surface area contributed by atoms with Crippen molar-refractivity contribution in [1.82, 2.24) is 0 Å². The second-order valence-electron chi connectivity index (χ2n) is 6.99. The number of aliphatic hydroxyl groups excluding tert-OH is 2. The molecule has 5 nitrogen and oxygen atoms in total. The molecule has 0 saturated heterocycles. The molecule has 26 heavy (non-hydrogen) atoms. The predicted molar refractivity (Wildman–Crippen MR) is 98.0 cm³/mol. The minimum atomic E-state index is -0.762. The van der Waals surface area contributed by atoms with E-state index in [9.17, 15) is 19.8 Å².